The SMILES string of the molecule is COC(=O)N[C@H](C(=O)N1C[C@]2(CCCOC2)C[C@H]1c1ncc(-c2ccc(-c3ccc4c(ccc5[nH]c([C@@H]6CCCN6C(=O)[C@@H](NC(=O)OC)C(C)C)nc54)c3)cc2)[nH]1)C(C)C. The van der Waals surface area contributed by atoms with Crippen LogP contribution in [0, 0.1) is 17.3 Å². The molecule has 0 radical (unpaired) electrons. The van der Waals surface area contributed by atoms with Gasteiger partial charge in [-0.2, -0.15) is 0 Å². The predicted molar refractivity (Wildman–Crippen MR) is 230 cm³/mol. The number of aromatic amines is 2. The summed E-state index contributed by atoms with van der Waals surface area (Å²) in [6, 6.07) is 16.9. The molecule has 0 aliphatic carbocycles. The summed E-state index contributed by atoms with van der Waals surface area (Å²) in [5, 5.41) is 7.53. The first-order valence-corrected chi connectivity index (χ1v) is 21.3. The molecule has 5 atom stereocenters. The summed E-state index contributed by atoms with van der Waals surface area (Å²) < 4.78 is 15.6. The molecule has 5 heterocycles. The van der Waals surface area contributed by atoms with Gasteiger partial charge in [-0.15, -0.1) is 0 Å². The van der Waals surface area contributed by atoms with E-state index in [-0.39, 0.29) is 41.1 Å². The Labute approximate surface area is 355 Å². The lowest BCUT2D eigenvalue weighted by Crippen LogP contribution is -2.51. The van der Waals surface area contributed by atoms with Crippen molar-refractivity contribution in [3.8, 4) is 22.4 Å². The number of aromatic nitrogens is 4. The molecule has 8 rings (SSSR count). The van der Waals surface area contributed by atoms with Crippen molar-refractivity contribution >= 4 is 45.8 Å². The van der Waals surface area contributed by atoms with Gasteiger partial charge in [0, 0.05) is 30.5 Å². The third-order valence-electron chi connectivity index (χ3n) is 12.8. The maximum Gasteiger partial charge on any atom is 0.407 e. The summed E-state index contributed by atoms with van der Waals surface area (Å²) in [5.74, 6) is 0.890. The molecule has 4 N–H and O–H groups in total. The maximum absolute atomic E-state index is 14.1. The summed E-state index contributed by atoms with van der Waals surface area (Å²) in [6.45, 7) is 10.1. The molecule has 3 aliphatic rings. The molecular formula is C46H56N8O7. The minimum absolute atomic E-state index is 0.115. The van der Waals surface area contributed by atoms with Crippen LogP contribution in [0.2, 0.25) is 0 Å². The Bertz CT molecular complexity index is 2420. The molecule has 15 nitrogen and oxygen atoms in total. The number of methoxy groups -OCH3 is 2. The van der Waals surface area contributed by atoms with Gasteiger partial charge in [0.1, 0.15) is 23.7 Å². The average Bonchev–Trinajstić information content (AvgIpc) is 4.10. The number of ether oxygens (including phenoxy) is 3. The number of imidazole rings is 2. The lowest BCUT2D eigenvalue weighted by Gasteiger charge is -2.33. The van der Waals surface area contributed by atoms with E-state index in [1.165, 1.54) is 14.2 Å². The van der Waals surface area contributed by atoms with Gasteiger partial charge in [0.05, 0.1) is 55.8 Å². The third-order valence-corrected chi connectivity index (χ3v) is 12.8. The fourth-order valence-electron chi connectivity index (χ4n) is 9.45. The number of carbonyl (C=O) groups is 4. The average molecular weight is 833 g/mol. The number of nitrogens with zero attached hydrogens (tertiary/aromatic N) is 4. The maximum atomic E-state index is 14.1. The highest BCUT2D eigenvalue weighted by Gasteiger charge is 2.50. The lowest BCUT2D eigenvalue weighted by molar-refractivity contribution is -0.136. The quantitative estimate of drug-likeness (QED) is 0.112. The smallest absolute Gasteiger partial charge is 0.407 e. The molecular weight excluding hydrogens is 777 g/mol. The van der Waals surface area contributed by atoms with Crippen LogP contribution in [0.15, 0.2) is 60.8 Å². The van der Waals surface area contributed by atoms with Crippen LogP contribution in [0.5, 0.6) is 0 Å². The fourth-order valence-corrected chi connectivity index (χ4v) is 9.45. The van der Waals surface area contributed by atoms with E-state index in [0.29, 0.717) is 25.5 Å². The monoisotopic (exact) mass is 832 g/mol. The van der Waals surface area contributed by atoms with Crippen molar-refractivity contribution in [1.29, 1.82) is 0 Å². The lowest BCUT2D eigenvalue weighted by atomic mass is 9.80. The van der Waals surface area contributed by atoms with E-state index in [0.717, 1.165) is 88.7 Å². The van der Waals surface area contributed by atoms with Gasteiger partial charge in [-0.05, 0) is 78.1 Å². The Morgan fingerprint density at radius 2 is 1.48 bits per heavy atom. The number of H-pyrrole nitrogens is 2. The normalized spacial score (nSPS) is 21.4. The third kappa shape index (κ3) is 8.27. The molecule has 0 unspecified atom stereocenters. The van der Waals surface area contributed by atoms with Crippen molar-refractivity contribution in [2.45, 2.75) is 84.0 Å². The second kappa shape index (κ2) is 17.2. The van der Waals surface area contributed by atoms with Gasteiger partial charge in [-0.3, -0.25) is 9.59 Å². The molecule has 15 heteroatoms. The van der Waals surface area contributed by atoms with Gasteiger partial charge in [0.2, 0.25) is 11.8 Å². The number of fused-ring (bicyclic) bond motifs is 3. The van der Waals surface area contributed by atoms with E-state index < -0.39 is 24.3 Å². The number of rotatable bonds is 10. The van der Waals surface area contributed by atoms with Crippen LogP contribution in [-0.4, -0.2) is 106 Å². The number of carbonyl (C=O) groups excluding carboxylic acids is 4. The molecule has 3 fully saturated rings. The van der Waals surface area contributed by atoms with Crippen LogP contribution in [0.4, 0.5) is 9.59 Å². The fraction of sp³-hybridized carbons (Fsp3) is 0.478. The number of hydrogen-bond acceptors (Lipinski definition) is 9. The number of hydrogen-bond donors (Lipinski definition) is 4. The molecule has 3 aromatic carbocycles. The van der Waals surface area contributed by atoms with Crippen molar-refractivity contribution in [1.82, 2.24) is 40.4 Å². The molecule has 0 saturated carbocycles. The van der Waals surface area contributed by atoms with Crippen LogP contribution in [0.1, 0.15) is 83.5 Å². The Hall–Kier alpha value is -5.96. The second-order valence-electron chi connectivity index (χ2n) is 17.5. The van der Waals surface area contributed by atoms with E-state index in [1.54, 1.807) is 0 Å². The highest BCUT2D eigenvalue weighted by Crippen LogP contribution is 2.47. The number of nitrogens with one attached hydrogen (secondary N) is 4. The van der Waals surface area contributed by atoms with Crippen LogP contribution >= 0.6 is 0 Å². The first kappa shape index (κ1) is 41.8. The molecule has 1 spiro atoms. The van der Waals surface area contributed by atoms with Crippen molar-refractivity contribution in [3.05, 3.63) is 72.4 Å². The zero-order chi connectivity index (χ0) is 43.0. The first-order valence-electron chi connectivity index (χ1n) is 21.3. The zero-order valence-electron chi connectivity index (χ0n) is 35.7. The number of amides is 4. The van der Waals surface area contributed by atoms with Crippen molar-refractivity contribution in [2.24, 2.45) is 17.3 Å². The van der Waals surface area contributed by atoms with Crippen molar-refractivity contribution in [3.63, 3.8) is 0 Å². The highest BCUT2D eigenvalue weighted by molar-refractivity contribution is 6.05. The Kier molecular flexibility index (Phi) is 11.8. The molecule has 5 aromatic rings. The van der Waals surface area contributed by atoms with E-state index in [2.05, 4.69) is 69.1 Å². The van der Waals surface area contributed by atoms with Gasteiger partial charge >= 0.3 is 12.2 Å². The van der Waals surface area contributed by atoms with Gasteiger partial charge in [-0.25, -0.2) is 19.6 Å². The predicted octanol–water partition coefficient (Wildman–Crippen LogP) is 7.27. The summed E-state index contributed by atoms with van der Waals surface area (Å²) >= 11 is 0. The number of likely N-dealkylation sites (tertiary alicyclic amines) is 2. The molecule has 0 bridgehead atoms. The number of benzene rings is 3. The van der Waals surface area contributed by atoms with E-state index >= 15 is 0 Å². The highest BCUT2D eigenvalue weighted by atomic mass is 16.5. The van der Waals surface area contributed by atoms with Crippen LogP contribution < -0.4 is 10.6 Å². The van der Waals surface area contributed by atoms with E-state index in [4.69, 9.17) is 24.2 Å². The Morgan fingerprint density at radius 3 is 2.13 bits per heavy atom. The minimum Gasteiger partial charge on any atom is -0.453 e. The molecule has 2 aromatic heterocycles. The van der Waals surface area contributed by atoms with E-state index in [9.17, 15) is 19.2 Å². The van der Waals surface area contributed by atoms with Crippen molar-refractivity contribution < 1.29 is 33.4 Å². The van der Waals surface area contributed by atoms with Crippen LogP contribution in [-0.2, 0) is 23.8 Å². The molecule has 4 amide bonds. The standard InChI is InChI=1S/C46H56N8O7/c1-26(2)37(51-44(57)59-5)42(55)53-19-7-9-35(53)41-48-33-17-15-31-21-30(14-16-32(31)39(33)50-41)28-10-12-29(13-11-28)34-23-47-40(49-34)36-22-46(18-8-20-61-25-46)24-54(36)43(56)38(27(3)4)52-45(58)60-6/h10-17,21,23,26-27,35-38H,7-9,18-20,22,24-25H2,1-6H3,(H,47,49)(H,48,50)(H,51,57)(H,52,58)/t35-,36-,37-,38-,46-/m0/s1. The summed E-state index contributed by atoms with van der Waals surface area (Å²) in [4.78, 5) is 72.8. The van der Waals surface area contributed by atoms with E-state index in [1.807, 2.05) is 49.8 Å². The largest absolute Gasteiger partial charge is 0.453 e. The van der Waals surface area contributed by atoms with Gasteiger partial charge < -0.3 is 44.6 Å². The summed E-state index contributed by atoms with van der Waals surface area (Å²) in [7, 11) is 2.59. The zero-order valence-corrected chi connectivity index (χ0v) is 35.7. The number of alkyl carbamates (subject to hydrolysis) is 2. The van der Waals surface area contributed by atoms with Crippen LogP contribution in [0.25, 0.3) is 44.2 Å². The molecule has 3 saturated heterocycles. The van der Waals surface area contributed by atoms with Gasteiger partial charge in [-0.1, -0.05) is 70.2 Å². The Balaban J connectivity index is 1.01. The van der Waals surface area contributed by atoms with Gasteiger partial charge in [0.25, 0.3) is 0 Å². The van der Waals surface area contributed by atoms with Crippen molar-refractivity contribution in [2.75, 3.05) is 40.5 Å². The topological polar surface area (TPSA) is 184 Å². The Morgan fingerprint density at radius 1 is 0.803 bits per heavy atom. The van der Waals surface area contributed by atoms with Crippen LogP contribution in [0.3, 0.4) is 0 Å². The second-order valence-corrected chi connectivity index (χ2v) is 17.5. The first-order chi connectivity index (χ1) is 29.4. The molecule has 3 aliphatic heterocycles. The molecule has 322 valence electrons. The molecule has 61 heavy (non-hydrogen) atoms. The minimum atomic E-state index is -0.739. The van der Waals surface area contributed by atoms with Gasteiger partial charge in [0.15, 0.2) is 0 Å². The summed E-state index contributed by atoms with van der Waals surface area (Å²) in [5.41, 5.74) is 5.50. The summed E-state index contributed by atoms with van der Waals surface area (Å²) in [6.07, 6.45) is 4.79.